The van der Waals surface area contributed by atoms with Crippen LogP contribution in [0.15, 0.2) is 24.3 Å². The van der Waals surface area contributed by atoms with Crippen molar-refractivity contribution in [2.45, 2.75) is 39.3 Å². The van der Waals surface area contributed by atoms with Crippen molar-refractivity contribution < 1.29 is 9.47 Å². The molecule has 90 valence electrons. The van der Waals surface area contributed by atoms with Crippen molar-refractivity contribution in [2.75, 3.05) is 6.61 Å². The highest BCUT2D eigenvalue weighted by Gasteiger charge is 2.11. The Labute approximate surface area is 97.6 Å². The fourth-order valence-corrected chi connectivity index (χ4v) is 1.42. The fraction of sp³-hybridized carbons (Fsp3) is 0.538. The molecule has 0 bridgehead atoms. The van der Waals surface area contributed by atoms with Crippen molar-refractivity contribution in [3.8, 4) is 11.5 Å². The molecule has 0 radical (unpaired) electrons. The van der Waals surface area contributed by atoms with Gasteiger partial charge in [0.25, 0.3) is 0 Å². The molecule has 3 heteroatoms. The van der Waals surface area contributed by atoms with Crippen LogP contribution in [-0.4, -0.2) is 18.8 Å². The van der Waals surface area contributed by atoms with Crippen molar-refractivity contribution >= 4 is 0 Å². The minimum atomic E-state index is 0.0305. The van der Waals surface area contributed by atoms with Crippen LogP contribution < -0.4 is 15.2 Å². The normalized spacial score (nSPS) is 14.2. The van der Waals surface area contributed by atoms with Gasteiger partial charge >= 0.3 is 0 Å². The Morgan fingerprint density at radius 2 is 1.69 bits per heavy atom. The van der Waals surface area contributed by atoms with E-state index in [9.17, 15) is 0 Å². The highest BCUT2D eigenvalue weighted by molar-refractivity contribution is 5.31. The van der Waals surface area contributed by atoms with E-state index >= 15 is 0 Å². The fourth-order valence-electron chi connectivity index (χ4n) is 1.42. The SMILES string of the molecule is CCOc1ccc(OC(C)C(N)CC)cc1. The van der Waals surface area contributed by atoms with E-state index in [1.54, 1.807) is 0 Å². The average molecular weight is 223 g/mol. The molecule has 0 heterocycles. The Morgan fingerprint density at radius 3 is 2.19 bits per heavy atom. The summed E-state index contributed by atoms with van der Waals surface area (Å²) in [6, 6.07) is 7.70. The molecule has 1 rings (SSSR count). The zero-order chi connectivity index (χ0) is 12.0. The molecule has 0 saturated heterocycles. The number of ether oxygens (including phenoxy) is 2. The van der Waals surface area contributed by atoms with Gasteiger partial charge in [0.2, 0.25) is 0 Å². The van der Waals surface area contributed by atoms with Crippen molar-refractivity contribution in [1.29, 1.82) is 0 Å². The van der Waals surface area contributed by atoms with Crippen LogP contribution in [-0.2, 0) is 0 Å². The topological polar surface area (TPSA) is 44.5 Å². The second kappa shape index (κ2) is 6.38. The van der Waals surface area contributed by atoms with Gasteiger partial charge in [0, 0.05) is 6.04 Å². The van der Waals surface area contributed by atoms with Crippen molar-refractivity contribution in [1.82, 2.24) is 0 Å². The molecule has 1 aromatic carbocycles. The second-order valence-corrected chi connectivity index (χ2v) is 3.80. The Kier molecular flexibility index (Phi) is 5.12. The maximum atomic E-state index is 5.89. The van der Waals surface area contributed by atoms with Crippen molar-refractivity contribution in [2.24, 2.45) is 5.73 Å². The standard InChI is InChI=1S/C13H21NO2/c1-4-13(14)10(3)16-12-8-6-11(7-9-12)15-5-2/h6-10,13H,4-5,14H2,1-3H3. The van der Waals surface area contributed by atoms with Gasteiger partial charge in [0.05, 0.1) is 6.61 Å². The van der Waals surface area contributed by atoms with Gasteiger partial charge in [-0.05, 0) is 44.5 Å². The number of nitrogens with two attached hydrogens (primary N) is 1. The van der Waals surface area contributed by atoms with E-state index in [1.807, 2.05) is 38.1 Å². The second-order valence-electron chi connectivity index (χ2n) is 3.80. The third-order valence-electron chi connectivity index (χ3n) is 2.53. The summed E-state index contributed by atoms with van der Waals surface area (Å²) in [5, 5.41) is 0. The third kappa shape index (κ3) is 3.74. The first-order chi connectivity index (χ1) is 7.67. The van der Waals surface area contributed by atoms with Crippen molar-refractivity contribution in [3.63, 3.8) is 0 Å². The molecule has 0 aliphatic heterocycles. The first-order valence-electron chi connectivity index (χ1n) is 5.82. The van der Waals surface area contributed by atoms with Gasteiger partial charge in [-0.25, -0.2) is 0 Å². The lowest BCUT2D eigenvalue weighted by Gasteiger charge is -2.20. The summed E-state index contributed by atoms with van der Waals surface area (Å²) in [7, 11) is 0. The van der Waals surface area contributed by atoms with Gasteiger partial charge in [-0.3, -0.25) is 0 Å². The number of hydrogen-bond donors (Lipinski definition) is 1. The van der Waals surface area contributed by atoms with Crippen molar-refractivity contribution in [3.05, 3.63) is 24.3 Å². The van der Waals surface area contributed by atoms with Gasteiger partial charge in [-0.1, -0.05) is 6.92 Å². The Morgan fingerprint density at radius 1 is 1.12 bits per heavy atom. The molecular formula is C13H21NO2. The average Bonchev–Trinajstić information content (AvgIpc) is 2.31. The van der Waals surface area contributed by atoms with Crippen LogP contribution in [0.2, 0.25) is 0 Å². The molecule has 0 spiro atoms. The minimum absolute atomic E-state index is 0.0305. The monoisotopic (exact) mass is 223 g/mol. The van der Waals surface area contributed by atoms with E-state index in [0.717, 1.165) is 17.9 Å². The van der Waals surface area contributed by atoms with E-state index < -0.39 is 0 Å². The van der Waals surface area contributed by atoms with E-state index in [-0.39, 0.29) is 12.1 Å². The van der Waals surface area contributed by atoms with E-state index in [0.29, 0.717) is 6.61 Å². The van der Waals surface area contributed by atoms with Crippen LogP contribution in [0.4, 0.5) is 0 Å². The smallest absolute Gasteiger partial charge is 0.120 e. The highest BCUT2D eigenvalue weighted by atomic mass is 16.5. The minimum Gasteiger partial charge on any atom is -0.494 e. The number of rotatable bonds is 6. The Hall–Kier alpha value is -1.22. The molecule has 2 unspecified atom stereocenters. The zero-order valence-electron chi connectivity index (χ0n) is 10.3. The van der Waals surface area contributed by atoms with E-state index in [1.165, 1.54) is 0 Å². The molecule has 16 heavy (non-hydrogen) atoms. The first-order valence-corrected chi connectivity index (χ1v) is 5.82. The Balaban J connectivity index is 2.54. The van der Waals surface area contributed by atoms with E-state index in [2.05, 4.69) is 6.92 Å². The maximum absolute atomic E-state index is 5.89. The van der Waals surface area contributed by atoms with Gasteiger partial charge in [-0.2, -0.15) is 0 Å². The summed E-state index contributed by atoms with van der Waals surface area (Å²) in [6.07, 6.45) is 0.945. The van der Waals surface area contributed by atoms with Crippen LogP contribution >= 0.6 is 0 Å². The first kappa shape index (κ1) is 12.8. The largest absolute Gasteiger partial charge is 0.494 e. The zero-order valence-corrected chi connectivity index (χ0v) is 10.3. The number of hydrogen-bond acceptors (Lipinski definition) is 3. The van der Waals surface area contributed by atoms with Gasteiger partial charge in [0.15, 0.2) is 0 Å². The van der Waals surface area contributed by atoms with Crippen LogP contribution in [0.25, 0.3) is 0 Å². The van der Waals surface area contributed by atoms with Gasteiger partial charge in [-0.15, -0.1) is 0 Å². The summed E-state index contributed by atoms with van der Waals surface area (Å²) < 4.78 is 11.1. The molecule has 0 aromatic heterocycles. The summed E-state index contributed by atoms with van der Waals surface area (Å²) >= 11 is 0. The summed E-state index contributed by atoms with van der Waals surface area (Å²) in [4.78, 5) is 0. The molecule has 0 aliphatic rings. The third-order valence-corrected chi connectivity index (χ3v) is 2.53. The summed E-state index contributed by atoms with van der Waals surface area (Å²) in [5.41, 5.74) is 5.89. The summed E-state index contributed by atoms with van der Waals surface area (Å²) in [5.74, 6) is 1.70. The predicted octanol–water partition coefficient (Wildman–Crippen LogP) is 2.59. The van der Waals surface area contributed by atoms with Gasteiger partial charge < -0.3 is 15.2 Å². The molecule has 0 saturated carbocycles. The Bertz CT molecular complexity index is 297. The molecular weight excluding hydrogens is 202 g/mol. The molecule has 3 nitrogen and oxygen atoms in total. The molecule has 0 amide bonds. The number of benzene rings is 1. The maximum Gasteiger partial charge on any atom is 0.120 e. The molecule has 2 atom stereocenters. The lowest BCUT2D eigenvalue weighted by atomic mass is 10.1. The van der Waals surface area contributed by atoms with Crippen LogP contribution in [0.1, 0.15) is 27.2 Å². The van der Waals surface area contributed by atoms with E-state index in [4.69, 9.17) is 15.2 Å². The van der Waals surface area contributed by atoms with Gasteiger partial charge in [0.1, 0.15) is 17.6 Å². The van der Waals surface area contributed by atoms with Crippen LogP contribution in [0, 0.1) is 0 Å². The highest BCUT2D eigenvalue weighted by Crippen LogP contribution is 2.19. The van der Waals surface area contributed by atoms with Crippen LogP contribution in [0.3, 0.4) is 0 Å². The van der Waals surface area contributed by atoms with Crippen LogP contribution in [0.5, 0.6) is 11.5 Å². The summed E-state index contributed by atoms with van der Waals surface area (Å²) in [6.45, 7) is 6.69. The lowest BCUT2D eigenvalue weighted by molar-refractivity contribution is 0.187. The molecule has 2 N–H and O–H groups in total. The lowest BCUT2D eigenvalue weighted by Crippen LogP contribution is -2.35. The molecule has 0 aliphatic carbocycles. The quantitative estimate of drug-likeness (QED) is 0.806. The predicted molar refractivity (Wildman–Crippen MR) is 66.0 cm³/mol. The molecule has 1 aromatic rings. The molecule has 0 fully saturated rings.